The maximum absolute atomic E-state index is 12.5. The first-order valence-electron chi connectivity index (χ1n) is 7.87. The van der Waals surface area contributed by atoms with Crippen LogP contribution in [0.1, 0.15) is 32.1 Å². The van der Waals surface area contributed by atoms with Crippen molar-refractivity contribution in [1.29, 1.82) is 0 Å². The van der Waals surface area contributed by atoms with Crippen molar-refractivity contribution < 1.29 is 14.3 Å². The molecule has 3 aliphatic heterocycles. The van der Waals surface area contributed by atoms with Crippen LogP contribution in [0.3, 0.4) is 0 Å². The van der Waals surface area contributed by atoms with E-state index in [-0.39, 0.29) is 23.7 Å². The van der Waals surface area contributed by atoms with Crippen LogP contribution in [0.5, 0.6) is 0 Å². The quantitative estimate of drug-likeness (QED) is 0.736. The summed E-state index contributed by atoms with van der Waals surface area (Å²) in [6.07, 6.45) is 5.86. The van der Waals surface area contributed by atoms with Gasteiger partial charge in [0, 0.05) is 39.1 Å². The molecule has 3 aliphatic rings. The average molecular weight is 292 g/mol. The van der Waals surface area contributed by atoms with Crippen molar-refractivity contribution in [2.24, 2.45) is 11.8 Å². The monoisotopic (exact) mass is 292 g/mol. The second-order valence-corrected chi connectivity index (χ2v) is 6.40. The van der Waals surface area contributed by atoms with Gasteiger partial charge < -0.3 is 14.5 Å². The molecule has 3 rings (SSSR count). The van der Waals surface area contributed by atoms with Crippen LogP contribution >= 0.6 is 0 Å². The minimum absolute atomic E-state index is 0.0566. The Morgan fingerprint density at radius 3 is 2.95 bits per heavy atom. The summed E-state index contributed by atoms with van der Waals surface area (Å²) < 4.78 is 5.87. The number of carbonyl (C=O) groups excluding carboxylic acids is 2. The Morgan fingerprint density at radius 1 is 1.43 bits per heavy atom. The van der Waals surface area contributed by atoms with Gasteiger partial charge in [0.25, 0.3) is 0 Å². The molecular weight excluding hydrogens is 268 g/mol. The van der Waals surface area contributed by atoms with E-state index in [0.29, 0.717) is 19.5 Å². The number of rotatable bonds is 4. The summed E-state index contributed by atoms with van der Waals surface area (Å²) in [5.41, 5.74) is -0.487. The van der Waals surface area contributed by atoms with Crippen LogP contribution in [0.2, 0.25) is 0 Å². The van der Waals surface area contributed by atoms with Crippen molar-refractivity contribution in [3.8, 4) is 0 Å². The van der Waals surface area contributed by atoms with Gasteiger partial charge in [-0.25, -0.2) is 0 Å². The summed E-state index contributed by atoms with van der Waals surface area (Å²) in [4.78, 5) is 28.6. The van der Waals surface area contributed by atoms with Crippen LogP contribution in [0, 0.1) is 11.8 Å². The molecule has 116 valence electrons. The highest BCUT2D eigenvalue weighted by atomic mass is 16.5. The van der Waals surface area contributed by atoms with Crippen molar-refractivity contribution in [1.82, 2.24) is 9.80 Å². The van der Waals surface area contributed by atoms with Crippen molar-refractivity contribution in [3.63, 3.8) is 0 Å². The number of likely N-dealkylation sites (tertiary alicyclic amines) is 1. The van der Waals surface area contributed by atoms with E-state index in [1.165, 1.54) is 0 Å². The molecule has 3 saturated heterocycles. The Kier molecular flexibility index (Phi) is 3.78. The van der Waals surface area contributed by atoms with E-state index in [1.807, 2.05) is 15.9 Å². The topological polar surface area (TPSA) is 49.9 Å². The van der Waals surface area contributed by atoms with E-state index in [4.69, 9.17) is 4.74 Å². The minimum atomic E-state index is -0.487. The predicted molar refractivity (Wildman–Crippen MR) is 78.3 cm³/mol. The first-order chi connectivity index (χ1) is 10.1. The van der Waals surface area contributed by atoms with Crippen LogP contribution in [0.15, 0.2) is 12.7 Å². The van der Waals surface area contributed by atoms with E-state index in [1.54, 1.807) is 7.11 Å². The lowest BCUT2D eigenvalue weighted by atomic mass is 9.72. The SMILES string of the molecule is C=CCCN1C[C@@H]2C[C@@H](CN3C(=O)CCC[C@]23OC)C1=O. The van der Waals surface area contributed by atoms with Crippen LogP contribution in [-0.2, 0) is 14.3 Å². The largest absolute Gasteiger partial charge is 0.358 e. The summed E-state index contributed by atoms with van der Waals surface area (Å²) in [6, 6.07) is 0. The van der Waals surface area contributed by atoms with Crippen LogP contribution in [0.25, 0.3) is 0 Å². The standard InChI is InChI=1S/C16H24N2O3/c1-3-4-8-17-11-13-9-12(15(17)20)10-18-14(19)6-5-7-16(13,18)21-2/h3,12-13H,1,4-11H2,2H3/t12-,13-,16-/m0/s1. The zero-order valence-corrected chi connectivity index (χ0v) is 12.7. The molecule has 21 heavy (non-hydrogen) atoms. The van der Waals surface area contributed by atoms with E-state index < -0.39 is 5.72 Å². The van der Waals surface area contributed by atoms with Crippen LogP contribution in [-0.4, -0.2) is 54.1 Å². The van der Waals surface area contributed by atoms with Gasteiger partial charge in [0.05, 0.1) is 5.92 Å². The Labute approximate surface area is 125 Å². The van der Waals surface area contributed by atoms with Crippen LogP contribution in [0.4, 0.5) is 0 Å². The van der Waals surface area contributed by atoms with Crippen LogP contribution < -0.4 is 0 Å². The maximum Gasteiger partial charge on any atom is 0.227 e. The van der Waals surface area contributed by atoms with Gasteiger partial charge in [0.1, 0.15) is 5.72 Å². The molecule has 0 aromatic heterocycles. The van der Waals surface area contributed by atoms with E-state index in [9.17, 15) is 9.59 Å². The second kappa shape index (κ2) is 5.44. The summed E-state index contributed by atoms with van der Waals surface area (Å²) in [6.45, 7) is 5.67. The van der Waals surface area contributed by atoms with Gasteiger partial charge in [-0.1, -0.05) is 6.08 Å². The molecule has 3 heterocycles. The predicted octanol–water partition coefficient (Wildman–Crippen LogP) is 1.40. The highest BCUT2D eigenvalue weighted by Crippen LogP contribution is 2.46. The minimum Gasteiger partial charge on any atom is -0.358 e. The molecule has 2 bridgehead atoms. The molecule has 3 fully saturated rings. The lowest BCUT2D eigenvalue weighted by molar-refractivity contribution is -0.229. The van der Waals surface area contributed by atoms with Gasteiger partial charge in [-0.3, -0.25) is 9.59 Å². The van der Waals surface area contributed by atoms with Crippen molar-refractivity contribution >= 4 is 11.8 Å². The fourth-order valence-corrected chi connectivity index (χ4v) is 4.32. The molecule has 0 aromatic rings. The molecule has 5 nitrogen and oxygen atoms in total. The lowest BCUT2D eigenvalue weighted by Gasteiger charge is -2.58. The number of amides is 2. The summed E-state index contributed by atoms with van der Waals surface area (Å²) >= 11 is 0. The molecule has 3 atom stereocenters. The fourth-order valence-electron chi connectivity index (χ4n) is 4.32. The van der Waals surface area contributed by atoms with E-state index in [2.05, 4.69) is 6.58 Å². The molecule has 0 aromatic carbocycles. The number of fused-ring (bicyclic) bond motifs is 4. The van der Waals surface area contributed by atoms with E-state index in [0.717, 1.165) is 32.2 Å². The van der Waals surface area contributed by atoms with Crippen molar-refractivity contribution in [2.45, 2.75) is 37.8 Å². The lowest BCUT2D eigenvalue weighted by Crippen LogP contribution is -2.70. The first-order valence-corrected chi connectivity index (χ1v) is 7.87. The number of carbonyl (C=O) groups is 2. The summed E-state index contributed by atoms with van der Waals surface area (Å²) in [5.74, 6) is 0.508. The number of hydrogen-bond donors (Lipinski definition) is 0. The summed E-state index contributed by atoms with van der Waals surface area (Å²) in [5, 5.41) is 0. The van der Waals surface area contributed by atoms with Crippen molar-refractivity contribution in [2.75, 3.05) is 26.7 Å². The number of methoxy groups -OCH3 is 1. The number of piperidine rings is 3. The van der Waals surface area contributed by atoms with Gasteiger partial charge in [0.2, 0.25) is 11.8 Å². The molecule has 0 spiro atoms. The van der Waals surface area contributed by atoms with Gasteiger partial charge in [-0.2, -0.15) is 0 Å². The summed E-state index contributed by atoms with van der Waals surface area (Å²) in [7, 11) is 1.70. The average Bonchev–Trinajstić information content (AvgIpc) is 2.50. The third-order valence-electron chi connectivity index (χ3n) is 5.35. The first kappa shape index (κ1) is 14.6. The zero-order chi connectivity index (χ0) is 15.0. The Morgan fingerprint density at radius 2 is 2.24 bits per heavy atom. The molecule has 0 aliphatic carbocycles. The highest BCUT2D eigenvalue weighted by Gasteiger charge is 2.56. The number of ether oxygens (including phenoxy) is 1. The molecule has 0 N–H and O–H groups in total. The van der Waals surface area contributed by atoms with Gasteiger partial charge in [-0.15, -0.1) is 6.58 Å². The van der Waals surface area contributed by atoms with Gasteiger partial charge >= 0.3 is 0 Å². The molecule has 0 unspecified atom stereocenters. The second-order valence-electron chi connectivity index (χ2n) is 6.40. The Hall–Kier alpha value is -1.36. The molecular formula is C16H24N2O3. The molecule has 5 heteroatoms. The number of nitrogens with zero attached hydrogens (tertiary/aromatic N) is 2. The maximum atomic E-state index is 12.5. The van der Waals surface area contributed by atoms with E-state index >= 15 is 0 Å². The molecule has 0 saturated carbocycles. The molecule has 2 amide bonds. The highest BCUT2D eigenvalue weighted by molar-refractivity contribution is 5.83. The fraction of sp³-hybridized carbons (Fsp3) is 0.750. The zero-order valence-electron chi connectivity index (χ0n) is 12.7. The third-order valence-corrected chi connectivity index (χ3v) is 5.35. The normalized spacial score (nSPS) is 35.7. The Balaban J connectivity index is 1.87. The third kappa shape index (κ3) is 2.18. The smallest absolute Gasteiger partial charge is 0.227 e. The van der Waals surface area contributed by atoms with Gasteiger partial charge in [0.15, 0.2) is 0 Å². The van der Waals surface area contributed by atoms with Crippen molar-refractivity contribution in [3.05, 3.63) is 12.7 Å². The Bertz CT molecular complexity index is 464. The van der Waals surface area contributed by atoms with Gasteiger partial charge in [-0.05, 0) is 25.7 Å². The number of hydrogen-bond acceptors (Lipinski definition) is 3. The molecule has 0 radical (unpaired) electrons.